The van der Waals surface area contributed by atoms with E-state index in [0.717, 1.165) is 5.56 Å². The van der Waals surface area contributed by atoms with Crippen molar-refractivity contribution in [2.45, 2.75) is 51.5 Å². The molecule has 2 aromatic rings. The maximum atomic E-state index is 13.6. The lowest BCUT2D eigenvalue weighted by Crippen LogP contribution is -2.30. The van der Waals surface area contributed by atoms with Gasteiger partial charge in [-0.15, -0.1) is 0 Å². The highest BCUT2D eigenvalue weighted by Gasteiger charge is 2.24. The smallest absolute Gasteiger partial charge is 0.235 e. The Kier molecular flexibility index (Phi) is 6.10. The van der Waals surface area contributed by atoms with Crippen LogP contribution in [0.1, 0.15) is 43.0 Å². The van der Waals surface area contributed by atoms with E-state index < -0.39 is 21.5 Å². The zero-order chi connectivity index (χ0) is 20.4. The number of benzene rings is 2. The van der Waals surface area contributed by atoms with Crippen molar-refractivity contribution in [3.63, 3.8) is 0 Å². The van der Waals surface area contributed by atoms with Crippen LogP contribution in [0.25, 0.3) is 0 Å². The third-order valence-electron chi connectivity index (χ3n) is 4.44. The van der Waals surface area contributed by atoms with Crippen LogP contribution in [0.4, 0.5) is 4.39 Å². The molecule has 1 N–H and O–H groups in total. The van der Waals surface area contributed by atoms with Crippen LogP contribution in [0.5, 0.6) is 0 Å². The molecule has 0 aliphatic carbocycles. The van der Waals surface area contributed by atoms with E-state index in [2.05, 4.69) is 5.32 Å². The molecule has 0 radical (unpaired) electrons. The molecule has 0 saturated heterocycles. The zero-order valence-corrected chi connectivity index (χ0v) is 17.2. The van der Waals surface area contributed by atoms with Gasteiger partial charge in [0.05, 0.1) is 4.90 Å². The number of nitrogens with one attached hydrogen (secondary N) is 1. The van der Waals surface area contributed by atoms with Crippen LogP contribution < -0.4 is 5.32 Å². The van der Waals surface area contributed by atoms with Crippen molar-refractivity contribution in [3.8, 4) is 0 Å². The minimum atomic E-state index is -3.78. The first-order valence-electron chi connectivity index (χ1n) is 8.76. The van der Waals surface area contributed by atoms with Gasteiger partial charge in [-0.25, -0.2) is 12.8 Å². The second-order valence-corrected chi connectivity index (χ2v) is 9.81. The van der Waals surface area contributed by atoms with Crippen molar-refractivity contribution < 1.29 is 17.6 Å². The Bertz CT molecular complexity index is 960. The molecule has 0 unspecified atom stereocenters. The van der Waals surface area contributed by atoms with E-state index in [4.69, 9.17) is 0 Å². The molecule has 0 aliphatic heterocycles. The highest BCUT2D eigenvalue weighted by Crippen LogP contribution is 2.27. The molecule has 146 valence electrons. The molecule has 2 aromatic carbocycles. The Morgan fingerprint density at radius 1 is 1.04 bits per heavy atom. The van der Waals surface area contributed by atoms with Crippen LogP contribution in [0, 0.1) is 19.7 Å². The molecular weight excluding hydrogens is 365 g/mol. The van der Waals surface area contributed by atoms with E-state index in [1.54, 1.807) is 38.1 Å². The summed E-state index contributed by atoms with van der Waals surface area (Å²) in [5.41, 5.74) is 2.39. The van der Waals surface area contributed by atoms with Crippen molar-refractivity contribution >= 4 is 15.7 Å². The van der Waals surface area contributed by atoms with E-state index in [-0.39, 0.29) is 22.7 Å². The van der Waals surface area contributed by atoms with Gasteiger partial charge in [0.25, 0.3) is 0 Å². The normalized spacial score (nSPS) is 12.1. The Labute approximate surface area is 160 Å². The number of carbonyl (C=O) groups excluding carboxylic acids is 1. The summed E-state index contributed by atoms with van der Waals surface area (Å²) in [6, 6.07) is 9.97. The molecule has 0 bridgehead atoms. The Balaban J connectivity index is 2.13. The summed E-state index contributed by atoms with van der Waals surface area (Å²) in [5.74, 6) is -1.61. The lowest BCUT2D eigenvalue weighted by Gasteiger charge is -2.20. The predicted molar refractivity (Wildman–Crippen MR) is 105 cm³/mol. The zero-order valence-electron chi connectivity index (χ0n) is 16.4. The molecule has 0 saturated carbocycles. The van der Waals surface area contributed by atoms with Gasteiger partial charge in [-0.3, -0.25) is 4.79 Å². The van der Waals surface area contributed by atoms with Crippen LogP contribution in [-0.4, -0.2) is 20.1 Å². The van der Waals surface area contributed by atoms with Gasteiger partial charge in [-0.05, 0) is 53.6 Å². The molecule has 1 amide bonds. The minimum absolute atomic E-state index is 0.0760. The molecule has 0 heterocycles. The summed E-state index contributed by atoms with van der Waals surface area (Å²) in [7, 11) is -3.78. The number of carbonyl (C=O) groups is 1. The Morgan fingerprint density at radius 3 is 2.26 bits per heavy atom. The Hall–Kier alpha value is -2.21. The van der Waals surface area contributed by atoms with E-state index in [0.29, 0.717) is 16.7 Å². The number of rotatable bonds is 5. The minimum Gasteiger partial charge on any atom is -0.351 e. The van der Waals surface area contributed by atoms with Crippen molar-refractivity contribution in [1.29, 1.82) is 0 Å². The summed E-state index contributed by atoms with van der Waals surface area (Å²) in [6.45, 7) is 9.45. The fourth-order valence-corrected chi connectivity index (χ4v) is 4.12. The third-order valence-corrected chi connectivity index (χ3v) is 6.19. The van der Waals surface area contributed by atoms with Crippen molar-refractivity contribution in [1.82, 2.24) is 5.32 Å². The molecule has 2 rings (SSSR count). The van der Waals surface area contributed by atoms with Crippen LogP contribution >= 0.6 is 0 Å². The van der Waals surface area contributed by atoms with Crippen molar-refractivity contribution in [2.24, 2.45) is 0 Å². The SMILES string of the molecule is Cc1ccc(CNC(=O)CS(=O)(=O)c2cc(C(C)(C)C)ccc2C)cc1F. The van der Waals surface area contributed by atoms with Gasteiger partial charge in [-0.1, -0.05) is 45.0 Å². The molecule has 0 aliphatic rings. The highest BCUT2D eigenvalue weighted by atomic mass is 32.2. The van der Waals surface area contributed by atoms with Crippen LogP contribution in [0.2, 0.25) is 0 Å². The van der Waals surface area contributed by atoms with Crippen LogP contribution in [0.3, 0.4) is 0 Å². The largest absolute Gasteiger partial charge is 0.351 e. The number of hydrogen-bond acceptors (Lipinski definition) is 3. The van der Waals surface area contributed by atoms with Crippen molar-refractivity contribution in [3.05, 3.63) is 64.5 Å². The van der Waals surface area contributed by atoms with Gasteiger partial charge in [0.1, 0.15) is 11.6 Å². The Morgan fingerprint density at radius 2 is 1.67 bits per heavy atom. The first-order valence-corrected chi connectivity index (χ1v) is 10.4. The molecule has 6 heteroatoms. The highest BCUT2D eigenvalue weighted by molar-refractivity contribution is 7.92. The average Bonchev–Trinajstić information content (AvgIpc) is 2.54. The molecular formula is C21H26FNO3S. The summed E-state index contributed by atoms with van der Waals surface area (Å²) < 4.78 is 39.0. The number of sulfone groups is 1. The van der Waals surface area contributed by atoms with E-state index in [9.17, 15) is 17.6 Å². The van der Waals surface area contributed by atoms with Gasteiger partial charge >= 0.3 is 0 Å². The molecule has 27 heavy (non-hydrogen) atoms. The molecule has 4 nitrogen and oxygen atoms in total. The maximum Gasteiger partial charge on any atom is 0.235 e. The number of aryl methyl sites for hydroxylation is 2. The summed E-state index contributed by atoms with van der Waals surface area (Å²) in [6.07, 6.45) is 0. The maximum absolute atomic E-state index is 13.6. The van der Waals surface area contributed by atoms with E-state index in [1.807, 2.05) is 26.8 Å². The number of hydrogen-bond donors (Lipinski definition) is 1. The lowest BCUT2D eigenvalue weighted by molar-refractivity contribution is -0.118. The first-order chi connectivity index (χ1) is 12.4. The van der Waals surface area contributed by atoms with E-state index >= 15 is 0 Å². The number of amides is 1. The van der Waals surface area contributed by atoms with Gasteiger partial charge in [-0.2, -0.15) is 0 Å². The quantitative estimate of drug-likeness (QED) is 0.843. The second kappa shape index (κ2) is 7.80. The lowest BCUT2D eigenvalue weighted by atomic mass is 9.87. The fraction of sp³-hybridized carbons (Fsp3) is 0.381. The van der Waals surface area contributed by atoms with E-state index in [1.165, 1.54) is 6.07 Å². The monoisotopic (exact) mass is 391 g/mol. The third kappa shape index (κ3) is 5.39. The molecule has 0 aromatic heterocycles. The topological polar surface area (TPSA) is 63.2 Å². The number of halogens is 1. The predicted octanol–water partition coefficient (Wildman–Crippen LogP) is 3.83. The summed E-state index contributed by atoms with van der Waals surface area (Å²) in [5, 5.41) is 2.55. The van der Waals surface area contributed by atoms with Gasteiger partial charge < -0.3 is 5.32 Å². The fourth-order valence-electron chi connectivity index (χ4n) is 2.65. The van der Waals surface area contributed by atoms with Crippen LogP contribution in [0.15, 0.2) is 41.3 Å². The molecule has 0 spiro atoms. The van der Waals surface area contributed by atoms with Gasteiger partial charge in [0.2, 0.25) is 5.91 Å². The van der Waals surface area contributed by atoms with Crippen LogP contribution in [-0.2, 0) is 26.6 Å². The molecule has 0 fully saturated rings. The van der Waals surface area contributed by atoms with Crippen molar-refractivity contribution in [2.75, 3.05) is 5.75 Å². The van der Waals surface area contributed by atoms with Gasteiger partial charge in [0.15, 0.2) is 9.84 Å². The first kappa shape index (κ1) is 21.1. The molecule has 0 atom stereocenters. The summed E-state index contributed by atoms with van der Waals surface area (Å²) in [4.78, 5) is 12.3. The second-order valence-electron chi connectivity index (χ2n) is 7.85. The standard InChI is InChI=1S/C21H26FNO3S/c1-14-6-8-16(10-18(14)22)12-23-20(24)13-27(25,26)19-11-17(21(3,4)5)9-7-15(19)2/h6-11H,12-13H2,1-5H3,(H,23,24). The average molecular weight is 392 g/mol. The van der Waals surface area contributed by atoms with Gasteiger partial charge in [0, 0.05) is 6.54 Å². The summed E-state index contributed by atoms with van der Waals surface area (Å²) >= 11 is 0.